The van der Waals surface area contributed by atoms with Crippen molar-refractivity contribution in [1.82, 2.24) is 19.4 Å². The largest absolute Gasteiger partial charge is 0.481 e. The maximum absolute atomic E-state index is 12.7. The maximum Gasteiger partial charge on any atom is 0.308 e. The molecule has 1 N–H and O–H groups in total. The molecule has 5 rings (SSSR count). The second-order valence-corrected chi connectivity index (χ2v) is 7.92. The van der Waals surface area contributed by atoms with Crippen LogP contribution in [0.5, 0.6) is 0 Å². The third kappa shape index (κ3) is 3.42. The number of carboxylic acids is 1. The molecule has 156 valence electrons. The van der Waals surface area contributed by atoms with Crippen molar-refractivity contribution in [2.24, 2.45) is 5.92 Å². The van der Waals surface area contributed by atoms with Crippen LogP contribution in [-0.4, -0.2) is 30.5 Å². The molecule has 2 unspecified atom stereocenters. The molecule has 2 atom stereocenters. The van der Waals surface area contributed by atoms with E-state index < -0.39 is 17.9 Å². The number of nitrogens with zero attached hydrogens (tertiary/aromatic N) is 4. The Morgan fingerprint density at radius 1 is 0.935 bits per heavy atom. The summed E-state index contributed by atoms with van der Waals surface area (Å²) in [6, 6.07) is 18.4. The number of carboxylic acid groups (broad SMARTS) is 1. The fraction of sp³-hybridized carbons (Fsp3) is 0.250. The predicted octanol–water partition coefficient (Wildman–Crippen LogP) is 4.04. The van der Waals surface area contributed by atoms with Gasteiger partial charge in [0.1, 0.15) is 5.69 Å². The minimum atomic E-state index is -0.871. The number of aromatic nitrogens is 4. The lowest BCUT2D eigenvalue weighted by Gasteiger charge is -2.29. The van der Waals surface area contributed by atoms with E-state index >= 15 is 0 Å². The zero-order chi connectivity index (χ0) is 21.4. The van der Waals surface area contributed by atoms with Gasteiger partial charge in [0, 0.05) is 17.8 Å². The van der Waals surface area contributed by atoms with Gasteiger partial charge in [0.05, 0.1) is 28.7 Å². The Hall–Kier alpha value is -3.74. The van der Waals surface area contributed by atoms with Gasteiger partial charge in [-0.3, -0.25) is 9.59 Å². The van der Waals surface area contributed by atoms with E-state index in [1.54, 1.807) is 10.6 Å². The first-order valence-corrected chi connectivity index (χ1v) is 10.5. The number of benzene rings is 1. The third-order valence-electron chi connectivity index (χ3n) is 6.03. The van der Waals surface area contributed by atoms with Gasteiger partial charge in [-0.2, -0.15) is 10.2 Å². The van der Waals surface area contributed by atoms with Crippen LogP contribution in [0.2, 0.25) is 0 Å². The highest BCUT2D eigenvalue weighted by Crippen LogP contribution is 2.36. The van der Waals surface area contributed by atoms with Gasteiger partial charge in [0.25, 0.3) is 5.56 Å². The lowest BCUT2D eigenvalue weighted by Crippen LogP contribution is -2.36. The molecule has 1 aliphatic rings. The van der Waals surface area contributed by atoms with Crippen LogP contribution in [0.3, 0.4) is 0 Å². The number of fused-ring (bicyclic) bond motifs is 1. The van der Waals surface area contributed by atoms with Gasteiger partial charge in [-0.05, 0) is 31.0 Å². The Balaban J connectivity index is 1.71. The monoisotopic (exact) mass is 414 g/mol. The predicted molar refractivity (Wildman–Crippen MR) is 117 cm³/mol. The number of carbonyl (C=O) groups is 1. The molecule has 0 amide bonds. The first-order valence-electron chi connectivity index (χ1n) is 10.5. The van der Waals surface area contributed by atoms with Crippen LogP contribution in [0.1, 0.15) is 31.7 Å². The summed E-state index contributed by atoms with van der Waals surface area (Å²) in [5.41, 5.74) is 3.74. The molecule has 0 spiro atoms. The molecule has 1 saturated carbocycles. The highest BCUT2D eigenvalue weighted by molar-refractivity contribution is 5.90. The number of rotatable bonds is 4. The second-order valence-electron chi connectivity index (χ2n) is 7.92. The maximum atomic E-state index is 12.7. The minimum Gasteiger partial charge on any atom is -0.481 e. The molecule has 4 aromatic rings. The first-order chi connectivity index (χ1) is 15.1. The fourth-order valence-corrected chi connectivity index (χ4v) is 4.54. The SMILES string of the molecule is O=C(O)C1CCCCC1n1nc(-c2c(-c3ccccc3)nn3ccccc23)ccc1=O. The van der Waals surface area contributed by atoms with E-state index in [1.165, 1.54) is 10.7 Å². The summed E-state index contributed by atoms with van der Waals surface area (Å²) >= 11 is 0. The van der Waals surface area contributed by atoms with Crippen molar-refractivity contribution in [3.63, 3.8) is 0 Å². The summed E-state index contributed by atoms with van der Waals surface area (Å²) in [5, 5.41) is 19.1. The van der Waals surface area contributed by atoms with E-state index in [2.05, 4.69) is 0 Å². The molecule has 0 bridgehead atoms. The molecule has 3 aromatic heterocycles. The molecule has 1 fully saturated rings. The fourth-order valence-electron chi connectivity index (χ4n) is 4.54. The lowest BCUT2D eigenvalue weighted by molar-refractivity contribution is -0.144. The second kappa shape index (κ2) is 7.83. The number of aliphatic carboxylic acids is 1. The molecular weight excluding hydrogens is 392 g/mol. The standard InChI is InChI=1S/C24H22N4O3/c29-21-14-13-18(25-28(21)19-11-5-4-10-17(19)24(30)31)22-20-12-6-7-15-27(20)26-23(22)16-8-2-1-3-9-16/h1-3,6-9,12-15,17,19H,4-5,10-11H2,(H,30,31). The van der Waals surface area contributed by atoms with Gasteiger partial charge in [-0.25, -0.2) is 9.20 Å². The zero-order valence-electron chi connectivity index (χ0n) is 16.9. The number of pyridine rings is 1. The Morgan fingerprint density at radius 2 is 1.71 bits per heavy atom. The van der Waals surface area contributed by atoms with Crippen molar-refractivity contribution < 1.29 is 9.90 Å². The van der Waals surface area contributed by atoms with Crippen LogP contribution >= 0.6 is 0 Å². The van der Waals surface area contributed by atoms with Crippen LogP contribution in [-0.2, 0) is 4.79 Å². The normalized spacial score (nSPS) is 18.8. The summed E-state index contributed by atoms with van der Waals surface area (Å²) in [5.74, 6) is -1.48. The molecule has 0 radical (unpaired) electrons. The minimum absolute atomic E-state index is 0.278. The van der Waals surface area contributed by atoms with Crippen LogP contribution in [0.25, 0.3) is 28.0 Å². The van der Waals surface area contributed by atoms with Crippen LogP contribution < -0.4 is 5.56 Å². The van der Waals surface area contributed by atoms with Crippen molar-refractivity contribution in [1.29, 1.82) is 0 Å². The van der Waals surface area contributed by atoms with E-state index in [0.29, 0.717) is 18.5 Å². The Morgan fingerprint density at radius 3 is 2.52 bits per heavy atom. The molecule has 0 aliphatic heterocycles. The Bertz CT molecular complexity index is 1310. The van der Waals surface area contributed by atoms with Gasteiger partial charge in [0.2, 0.25) is 0 Å². The van der Waals surface area contributed by atoms with Gasteiger partial charge >= 0.3 is 5.97 Å². The van der Waals surface area contributed by atoms with Crippen LogP contribution in [0, 0.1) is 5.92 Å². The first kappa shape index (κ1) is 19.2. The van der Waals surface area contributed by atoms with E-state index in [4.69, 9.17) is 10.2 Å². The van der Waals surface area contributed by atoms with Gasteiger partial charge < -0.3 is 5.11 Å². The molecule has 0 saturated heterocycles. The summed E-state index contributed by atoms with van der Waals surface area (Å²) in [6.45, 7) is 0. The Kier molecular flexibility index (Phi) is 4.86. The number of hydrogen-bond donors (Lipinski definition) is 1. The van der Waals surface area contributed by atoms with Crippen molar-refractivity contribution >= 4 is 11.5 Å². The van der Waals surface area contributed by atoms with Gasteiger partial charge in [-0.15, -0.1) is 0 Å². The van der Waals surface area contributed by atoms with E-state index in [1.807, 2.05) is 54.7 Å². The highest BCUT2D eigenvalue weighted by Gasteiger charge is 2.33. The molecular formula is C24H22N4O3. The van der Waals surface area contributed by atoms with Crippen LogP contribution in [0.4, 0.5) is 0 Å². The van der Waals surface area contributed by atoms with E-state index in [0.717, 1.165) is 35.2 Å². The van der Waals surface area contributed by atoms with Crippen molar-refractivity contribution in [3.8, 4) is 22.5 Å². The summed E-state index contributed by atoms with van der Waals surface area (Å²) in [4.78, 5) is 24.5. The van der Waals surface area contributed by atoms with Crippen molar-refractivity contribution in [3.05, 3.63) is 77.2 Å². The summed E-state index contributed by atoms with van der Waals surface area (Å²) < 4.78 is 3.18. The van der Waals surface area contributed by atoms with E-state index in [-0.39, 0.29) is 5.56 Å². The molecule has 7 nitrogen and oxygen atoms in total. The molecule has 31 heavy (non-hydrogen) atoms. The van der Waals surface area contributed by atoms with Gasteiger partial charge in [0.15, 0.2) is 0 Å². The quantitative estimate of drug-likeness (QED) is 0.544. The topological polar surface area (TPSA) is 89.5 Å². The van der Waals surface area contributed by atoms with Crippen molar-refractivity contribution in [2.45, 2.75) is 31.7 Å². The average Bonchev–Trinajstić information content (AvgIpc) is 3.20. The summed E-state index contributed by atoms with van der Waals surface area (Å²) in [7, 11) is 0. The smallest absolute Gasteiger partial charge is 0.308 e. The van der Waals surface area contributed by atoms with Crippen LogP contribution in [0.15, 0.2) is 71.7 Å². The zero-order valence-corrected chi connectivity index (χ0v) is 16.9. The van der Waals surface area contributed by atoms with Crippen molar-refractivity contribution in [2.75, 3.05) is 0 Å². The molecule has 7 heteroatoms. The van der Waals surface area contributed by atoms with Gasteiger partial charge in [-0.1, -0.05) is 49.2 Å². The number of hydrogen-bond acceptors (Lipinski definition) is 4. The molecule has 3 heterocycles. The average molecular weight is 414 g/mol. The Labute approximate surface area is 178 Å². The molecule has 1 aromatic carbocycles. The summed E-state index contributed by atoms with van der Waals surface area (Å²) in [6.07, 6.45) is 4.81. The van der Waals surface area contributed by atoms with E-state index in [9.17, 15) is 14.7 Å². The lowest BCUT2D eigenvalue weighted by atomic mass is 9.84. The molecule has 1 aliphatic carbocycles. The highest BCUT2D eigenvalue weighted by atomic mass is 16.4. The third-order valence-corrected chi connectivity index (χ3v) is 6.03.